The standard InChI is InChI=1S/C17H15ClN2O3S2/c1-9(14(21)10-4-6-11(18)7-5-10)23-16(22)13-8-12-15(24-13)19-17(25-12)20(2)3/h4-9H,1-3H3. The Bertz CT molecular complexity index is 900. The van der Waals surface area contributed by atoms with E-state index in [0.717, 1.165) is 14.7 Å². The van der Waals surface area contributed by atoms with Gasteiger partial charge in [0, 0.05) is 24.7 Å². The predicted molar refractivity (Wildman–Crippen MR) is 102 cm³/mol. The van der Waals surface area contributed by atoms with Gasteiger partial charge in [0.15, 0.2) is 11.2 Å². The van der Waals surface area contributed by atoms with Gasteiger partial charge >= 0.3 is 5.97 Å². The molecule has 1 aromatic carbocycles. The SMILES string of the molecule is CC(OC(=O)c1cc2sc(N(C)C)nc2s1)C(=O)c1ccc(Cl)cc1. The molecule has 1 unspecified atom stereocenters. The number of carbonyl (C=O) groups is 2. The van der Waals surface area contributed by atoms with Crippen molar-refractivity contribution in [2.24, 2.45) is 0 Å². The maximum Gasteiger partial charge on any atom is 0.349 e. The molecule has 1 atom stereocenters. The van der Waals surface area contributed by atoms with E-state index >= 15 is 0 Å². The van der Waals surface area contributed by atoms with Gasteiger partial charge in [-0.25, -0.2) is 9.78 Å². The van der Waals surface area contributed by atoms with Crippen molar-refractivity contribution in [1.29, 1.82) is 0 Å². The van der Waals surface area contributed by atoms with Crippen LogP contribution in [0.5, 0.6) is 0 Å². The highest BCUT2D eigenvalue weighted by atomic mass is 35.5. The molecule has 0 aliphatic carbocycles. The third kappa shape index (κ3) is 3.84. The van der Waals surface area contributed by atoms with Gasteiger partial charge in [0.25, 0.3) is 0 Å². The van der Waals surface area contributed by atoms with Crippen LogP contribution in [0.1, 0.15) is 27.0 Å². The molecule has 0 bridgehead atoms. The molecule has 2 aromatic heterocycles. The van der Waals surface area contributed by atoms with Crippen molar-refractivity contribution in [3.05, 3.63) is 45.8 Å². The molecular formula is C17H15ClN2O3S2. The summed E-state index contributed by atoms with van der Waals surface area (Å²) in [6.07, 6.45) is -0.876. The van der Waals surface area contributed by atoms with Crippen LogP contribution in [0.2, 0.25) is 5.02 Å². The summed E-state index contributed by atoms with van der Waals surface area (Å²) >= 11 is 8.59. The number of ketones is 1. The summed E-state index contributed by atoms with van der Waals surface area (Å²) in [5.74, 6) is -0.784. The Balaban J connectivity index is 1.71. The molecule has 25 heavy (non-hydrogen) atoms. The van der Waals surface area contributed by atoms with Gasteiger partial charge in [0.1, 0.15) is 9.71 Å². The van der Waals surface area contributed by atoms with Crippen molar-refractivity contribution < 1.29 is 14.3 Å². The normalized spacial score (nSPS) is 12.2. The van der Waals surface area contributed by atoms with Crippen molar-refractivity contribution in [3.63, 3.8) is 0 Å². The number of rotatable bonds is 5. The number of aromatic nitrogens is 1. The number of hydrogen-bond donors (Lipinski definition) is 0. The van der Waals surface area contributed by atoms with Crippen molar-refractivity contribution >= 4 is 60.7 Å². The quantitative estimate of drug-likeness (QED) is 0.470. The molecule has 0 saturated heterocycles. The number of nitrogens with zero attached hydrogens (tertiary/aromatic N) is 2. The first-order chi connectivity index (χ1) is 11.8. The minimum absolute atomic E-state index is 0.267. The van der Waals surface area contributed by atoms with Gasteiger partial charge in [-0.3, -0.25) is 4.79 Å². The number of hydrogen-bond acceptors (Lipinski definition) is 7. The highest BCUT2D eigenvalue weighted by Gasteiger charge is 2.22. The number of anilines is 1. The van der Waals surface area contributed by atoms with E-state index in [1.807, 2.05) is 19.0 Å². The fourth-order valence-electron chi connectivity index (χ4n) is 2.14. The van der Waals surface area contributed by atoms with Crippen LogP contribution in [-0.2, 0) is 4.74 Å². The van der Waals surface area contributed by atoms with E-state index in [9.17, 15) is 9.59 Å². The molecule has 8 heteroatoms. The van der Waals surface area contributed by atoms with E-state index in [-0.39, 0.29) is 5.78 Å². The first-order valence-electron chi connectivity index (χ1n) is 7.43. The molecule has 130 valence electrons. The van der Waals surface area contributed by atoms with Crippen molar-refractivity contribution in [2.45, 2.75) is 13.0 Å². The fraction of sp³-hybridized carbons (Fsp3) is 0.235. The third-order valence-electron chi connectivity index (χ3n) is 3.44. The number of thiophene rings is 1. The summed E-state index contributed by atoms with van der Waals surface area (Å²) in [6, 6.07) is 8.24. The summed E-state index contributed by atoms with van der Waals surface area (Å²) in [7, 11) is 3.84. The number of fused-ring (bicyclic) bond motifs is 1. The van der Waals surface area contributed by atoms with Crippen molar-refractivity contribution in [2.75, 3.05) is 19.0 Å². The number of thiazole rings is 1. The lowest BCUT2D eigenvalue weighted by Crippen LogP contribution is -2.24. The van der Waals surface area contributed by atoms with Gasteiger partial charge in [-0.1, -0.05) is 22.9 Å². The second kappa shape index (κ2) is 7.11. The van der Waals surface area contributed by atoms with E-state index < -0.39 is 12.1 Å². The maximum absolute atomic E-state index is 12.3. The smallest absolute Gasteiger partial charge is 0.349 e. The number of benzene rings is 1. The first-order valence-corrected chi connectivity index (χ1v) is 9.44. The van der Waals surface area contributed by atoms with E-state index in [4.69, 9.17) is 16.3 Å². The molecule has 0 N–H and O–H groups in total. The molecule has 0 aliphatic heterocycles. The van der Waals surface area contributed by atoms with Crippen LogP contribution in [0, 0.1) is 0 Å². The Morgan fingerprint density at radius 2 is 1.88 bits per heavy atom. The van der Waals surface area contributed by atoms with Crippen molar-refractivity contribution in [1.82, 2.24) is 4.98 Å². The zero-order valence-corrected chi connectivity index (χ0v) is 16.2. The Morgan fingerprint density at radius 3 is 2.48 bits per heavy atom. The average Bonchev–Trinajstić information content (AvgIpc) is 3.13. The second-order valence-electron chi connectivity index (χ2n) is 5.59. The van der Waals surface area contributed by atoms with Gasteiger partial charge < -0.3 is 9.64 Å². The molecule has 0 fully saturated rings. The van der Waals surface area contributed by atoms with E-state index in [2.05, 4.69) is 4.98 Å². The lowest BCUT2D eigenvalue weighted by atomic mass is 10.1. The molecule has 0 radical (unpaired) electrons. The molecule has 0 saturated carbocycles. The lowest BCUT2D eigenvalue weighted by Gasteiger charge is -2.11. The molecule has 5 nitrogen and oxygen atoms in total. The fourth-order valence-corrected chi connectivity index (χ4v) is 4.28. The number of esters is 1. The monoisotopic (exact) mass is 394 g/mol. The molecule has 3 rings (SSSR count). The largest absolute Gasteiger partial charge is 0.450 e. The number of Topliss-reactive ketones (excluding diaryl/α,β-unsaturated/α-hetero) is 1. The zero-order valence-electron chi connectivity index (χ0n) is 13.8. The maximum atomic E-state index is 12.3. The van der Waals surface area contributed by atoms with Crippen LogP contribution in [0.4, 0.5) is 5.13 Å². The lowest BCUT2D eigenvalue weighted by molar-refractivity contribution is 0.0323. The average molecular weight is 395 g/mol. The molecular weight excluding hydrogens is 380 g/mol. The first kappa shape index (κ1) is 17.8. The Kier molecular flexibility index (Phi) is 5.08. The summed E-state index contributed by atoms with van der Waals surface area (Å²) in [6.45, 7) is 1.56. The van der Waals surface area contributed by atoms with E-state index in [0.29, 0.717) is 15.5 Å². The number of carbonyl (C=O) groups excluding carboxylic acids is 2. The molecule has 3 aromatic rings. The zero-order chi connectivity index (χ0) is 18.1. The second-order valence-corrected chi connectivity index (χ2v) is 8.07. The Morgan fingerprint density at radius 1 is 1.20 bits per heavy atom. The van der Waals surface area contributed by atoms with Crippen LogP contribution in [0.25, 0.3) is 9.53 Å². The number of ether oxygens (including phenoxy) is 1. The van der Waals surface area contributed by atoms with Crippen LogP contribution in [-0.4, -0.2) is 36.9 Å². The minimum atomic E-state index is -0.876. The van der Waals surface area contributed by atoms with E-state index in [1.165, 1.54) is 22.7 Å². The molecule has 0 aliphatic rings. The van der Waals surface area contributed by atoms with Gasteiger partial charge in [0.05, 0.1) is 4.70 Å². The minimum Gasteiger partial charge on any atom is -0.450 e. The molecule has 2 heterocycles. The topological polar surface area (TPSA) is 59.5 Å². The van der Waals surface area contributed by atoms with Gasteiger partial charge in [-0.05, 0) is 37.3 Å². The van der Waals surface area contributed by atoms with Crippen molar-refractivity contribution in [3.8, 4) is 0 Å². The Hall–Kier alpha value is -1.96. The van der Waals surface area contributed by atoms with Crippen LogP contribution < -0.4 is 4.90 Å². The molecule has 0 amide bonds. The summed E-state index contributed by atoms with van der Waals surface area (Å²) in [4.78, 5) is 32.3. The van der Waals surface area contributed by atoms with Crippen LogP contribution >= 0.6 is 34.3 Å². The highest BCUT2D eigenvalue weighted by Crippen LogP contribution is 2.34. The molecule has 0 spiro atoms. The van der Waals surface area contributed by atoms with Gasteiger partial charge in [-0.15, -0.1) is 11.3 Å². The summed E-state index contributed by atoms with van der Waals surface area (Å²) < 4.78 is 6.24. The van der Waals surface area contributed by atoms with Gasteiger partial charge in [-0.2, -0.15) is 0 Å². The summed E-state index contributed by atoms with van der Waals surface area (Å²) in [5, 5.41) is 1.43. The predicted octanol–water partition coefficient (Wildman–Crippen LogP) is 4.51. The summed E-state index contributed by atoms with van der Waals surface area (Å²) in [5.41, 5.74) is 0.453. The van der Waals surface area contributed by atoms with Crippen LogP contribution in [0.15, 0.2) is 30.3 Å². The highest BCUT2D eigenvalue weighted by molar-refractivity contribution is 7.29. The van der Waals surface area contributed by atoms with Gasteiger partial charge in [0.2, 0.25) is 5.78 Å². The van der Waals surface area contributed by atoms with E-state index in [1.54, 1.807) is 37.3 Å². The van der Waals surface area contributed by atoms with Crippen LogP contribution in [0.3, 0.4) is 0 Å². The Labute approximate surface area is 157 Å². The third-order valence-corrected chi connectivity index (χ3v) is 6.00. The number of halogens is 1.